The van der Waals surface area contributed by atoms with Crippen molar-refractivity contribution in [1.29, 1.82) is 0 Å². The van der Waals surface area contributed by atoms with E-state index in [4.69, 9.17) is 4.74 Å². The van der Waals surface area contributed by atoms with Crippen LogP contribution < -0.4 is 20.7 Å². The highest BCUT2D eigenvalue weighted by Crippen LogP contribution is 2.29. The number of amides is 2. The molecule has 8 heteroatoms. The predicted octanol–water partition coefficient (Wildman–Crippen LogP) is 4.23. The number of carbonyl (C=O) groups is 2. The number of hydrogen-bond acceptors (Lipinski definition) is 4. The Kier molecular flexibility index (Phi) is 9.08. The van der Waals surface area contributed by atoms with E-state index in [0.717, 1.165) is 38.4 Å². The van der Waals surface area contributed by atoms with Crippen molar-refractivity contribution in [1.82, 2.24) is 5.32 Å². The molecule has 0 saturated carbocycles. The molecule has 0 bridgehead atoms. The largest absolute Gasteiger partial charge is 0.495 e. The third-order valence-corrected chi connectivity index (χ3v) is 5.06. The highest BCUT2D eigenvalue weighted by molar-refractivity contribution is 6.05. The van der Waals surface area contributed by atoms with E-state index in [1.807, 2.05) is 0 Å². The molecular weight excluding hydrogens is 409 g/mol. The molecule has 2 aromatic rings. The second-order valence-electron chi connectivity index (χ2n) is 7.16. The lowest BCUT2D eigenvalue weighted by atomic mass is 9.93. The van der Waals surface area contributed by atoms with Gasteiger partial charge in [-0.2, -0.15) is 0 Å². The van der Waals surface area contributed by atoms with Crippen molar-refractivity contribution in [3.8, 4) is 5.75 Å². The molecule has 3 N–H and O–H groups in total. The van der Waals surface area contributed by atoms with E-state index < -0.39 is 11.7 Å². The van der Waals surface area contributed by atoms with E-state index >= 15 is 0 Å². The molecule has 6 nitrogen and oxygen atoms in total. The van der Waals surface area contributed by atoms with Gasteiger partial charge >= 0.3 is 0 Å². The molecule has 1 aliphatic heterocycles. The molecule has 1 heterocycles. The molecule has 1 fully saturated rings. The van der Waals surface area contributed by atoms with Gasteiger partial charge in [0.25, 0.3) is 5.91 Å². The quantitative estimate of drug-likeness (QED) is 0.608. The van der Waals surface area contributed by atoms with Gasteiger partial charge in [-0.1, -0.05) is 6.07 Å². The van der Waals surface area contributed by atoms with Gasteiger partial charge in [0.05, 0.1) is 12.8 Å². The number of ether oxygens (including phenoxy) is 1. The molecule has 1 aliphatic rings. The maximum atomic E-state index is 13.4. The molecule has 0 unspecified atom stereocenters. The van der Waals surface area contributed by atoms with Crippen LogP contribution in [0.5, 0.6) is 5.75 Å². The Balaban J connectivity index is 0.00000320. The zero-order valence-corrected chi connectivity index (χ0v) is 17.7. The number of nitrogens with one attached hydrogen (secondary N) is 3. The number of carbonyl (C=O) groups excluding carboxylic acids is 2. The summed E-state index contributed by atoms with van der Waals surface area (Å²) < 4.78 is 18.7. The third kappa shape index (κ3) is 6.71. The first-order valence-electron chi connectivity index (χ1n) is 9.80. The van der Waals surface area contributed by atoms with Crippen LogP contribution in [0.3, 0.4) is 0 Å². The summed E-state index contributed by atoms with van der Waals surface area (Å²) in [5, 5.41) is 8.91. The van der Waals surface area contributed by atoms with Crippen LogP contribution in [0.2, 0.25) is 0 Å². The molecule has 0 atom stereocenters. The molecular formula is C22H27ClFN3O3. The summed E-state index contributed by atoms with van der Waals surface area (Å²) in [5.74, 6) is 0.0223. The van der Waals surface area contributed by atoms with Crippen LogP contribution in [0, 0.1) is 11.7 Å². The van der Waals surface area contributed by atoms with E-state index in [0.29, 0.717) is 29.5 Å². The Morgan fingerprint density at radius 3 is 2.60 bits per heavy atom. The van der Waals surface area contributed by atoms with Crippen molar-refractivity contribution in [3.63, 3.8) is 0 Å². The van der Waals surface area contributed by atoms with E-state index in [1.54, 1.807) is 18.2 Å². The summed E-state index contributed by atoms with van der Waals surface area (Å²) >= 11 is 0. The van der Waals surface area contributed by atoms with E-state index in [2.05, 4.69) is 16.0 Å². The SMILES string of the molecule is COc1ccc(NC(=O)CCC2CCNCC2)cc1NC(=O)c1cccc(F)c1.Cl. The third-order valence-electron chi connectivity index (χ3n) is 5.06. The van der Waals surface area contributed by atoms with Crippen LogP contribution >= 0.6 is 12.4 Å². The van der Waals surface area contributed by atoms with E-state index in [1.165, 1.54) is 25.3 Å². The highest BCUT2D eigenvalue weighted by Gasteiger charge is 2.16. The van der Waals surface area contributed by atoms with Gasteiger partial charge in [-0.25, -0.2) is 4.39 Å². The van der Waals surface area contributed by atoms with Gasteiger partial charge in [0.2, 0.25) is 5.91 Å². The Morgan fingerprint density at radius 2 is 1.90 bits per heavy atom. The Bertz CT molecular complexity index is 872. The topological polar surface area (TPSA) is 79.5 Å². The van der Waals surface area contributed by atoms with Gasteiger partial charge in [0.15, 0.2) is 0 Å². The van der Waals surface area contributed by atoms with Gasteiger partial charge in [0, 0.05) is 17.7 Å². The number of methoxy groups -OCH3 is 1. The van der Waals surface area contributed by atoms with Crippen LogP contribution in [0.25, 0.3) is 0 Å². The predicted molar refractivity (Wildman–Crippen MR) is 118 cm³/mol. The first-order chi connectivity index (χ1) is 14.0. The maximum absolute atomic E-state index is 13.4. The standard InChI is InChI=1S/C22H26FN3O3.ClH/c1-29-20-7-6-18(25-21(27)8-5-15-9-11-24-12-10-15)14-19(20)26-22(28)16-3-2-4-17(23)13-16;/h2-4,6-7,13-15,24H,5,8-12H2,1H3,(H,25,27)(H,26,28);1H. The molecule has 162 valence electrons. The Hall–Kier alpha value is -2.64. The summed E-state index contributed by atoms with van der Waals surface area (Å²) in [6.07, 6.45) is 3.53. The lowest BCUT2D eigenvalue weighted by molar-refractivity contribution is -0.116. The average Bonchev–Trinajstić information content (AvgIpc) is 2.73. The van der Waals surface area contributed by atoms with Crippen molar-refractivity contribution in [3.05, 3.63) is 53.8 Å². The number of hydrogen-bond donors (Lipinski definition) is 3. The number of piperidine rings is 1. The fraction of sp³-hybridized carbons (Fsp3) is 0.364. The van der Waals surface area contributed by atoms with Crippen molar-refractivity contribution in [2.45, 2.75) is 25.7 Å². The molecule has 2 aromatic carbocycles. The number of anilines is 2. The molecule has 0 aliphatic carbocycles. The van der Waals surface area contributed by atoms with Crippen molar-refractivity contribution < 1.29 is 18.7 Å². The summed E-state index contributed by atoms with van der Waals surface area (Å²) in [4.78, 5) is 24.7. The van der Waals surface area contributed by atoms with Gasteiger partial charge in [0.1, 0.15) is 11.6 Å². The molecule has 3 rings (SSSR count). The van der Waals surface area contributed by atoms with E-state index in [9.17, 15) is 14.0 Å². The monoisotopic (exact) mass is 435 g/mol. The summed E-state index contributed by atoms with van der Waals surface area (Å²) in [7, 11) is 1.49. The van der Waals surface area contributed by atoms with Crippen LogP contribution in [0.1, 0.15) is 36.0 Å². The molecule has 2 amide bonds. The number of rotatable bonds is 7. The second-order valence-corrected chi connectivity index (χ2v) is 7.16. The first kappa shape index (κ1) is 23.6. The summed E-state index contributed by atoms with van der Waals surface area (Å²) in [6.45, 7) is 2.03. The van der Waals surface area contributed by atoms with Crippen LogP contribution in [0.15, 0.2) is 42.5 Å². The number of halogens is 2. The van der Waals surface area contributed by atoms with Crippen molar-refractivity contribution in [2.24, 2.45) is 5.92 Å². The maximum Gasteiger partial charge on any atom is 0.255 e. The summed E-state index contributed by atoms with van der Waals surface area (Å²) in [6, 6.07) is 10.5. The number of benzene rings is 2. The molecule has 0 spiro atoms. The minimum absolute atomic E-state index is 0. The average molecular weight is 436 g/mol. The lowest BCUT2D eigenvalue weighted by Gasteiger charge is -2.22. The van der Waals surface area contributed by atoms with Gasteiger partial charge < -0.3 is 20.7 Å². The van der Waals surface area contributed by atoms with Crippen LogP contribution in [0.4, 0.5) is 15.8 Å². The molecule has 0 aromatic heterocycles. The fourth-order valence-electron chi connectivity index (χ4n) is 3.44. The van der Waals surface area contributed by atoms with E-state index in [-0.39, 0.29) is 23.9 Å². The molecule has 0 radical (unpaired) electrons. The fourth-order valence-corrected chi connectivity index (χ4v) is 3.44. The second kappa shape index (κ2) is 11.5. The minimum Gasteiger partial charge on any atom is -0.495 e. The van der Waals surface area contributed by atoms with Gasteiger partial charge in [-0.05, 0) is 74.7 Å². The van der Waals surface area contributed by atoms with Gasteiger partial charge in [-0.15, -0.1) is 12.4 Å². The van der Waals surface area contributed by atoms with Gasteiger partial charge in [-0.3, -0.25) is 9.59 Å². The van der Waals surface area contributed by atoms with Crippen LogP contribution in [-0.4, -0.2) is 32.0 Å². The highest BCUT2D eigenvalue weighted by atomic mass is 35.5. The van der Waals surface area contributed by atoms with Crippen LogP contribution in [-0.2, 0) is 4.79 Å². The Morgan fingerprint density at radius 1 is 1.13 bits per heavy atom. The molecule has 30 heavy (non-hydrogen) atoms. The van der Waals surface area contributed by atoms with Crippen molar-refractivity contribution in [2.75, 3.05) is 30.8 Å². The zero-order chi connectivity index (χ0) is 20.6. The summed E-state index contributed by atoms with van der Waals surface area (Å²) in [5.41, 5.74) is 1.16. The van der Waals surface area contributed by atoms with Crippen molar-refractivity contribution >= 4 is 35.6 Å². The smallest absolute Gasteiger partial charge is 0.255 e. The minimum atomic E-state index is -0.487. The Labute approximate surface area is 182 Å². The normalized spacial score (nSPS) is 13.8. The zero-order valence-electron chi connectivity index (χ0n) is 16.9. The first-order valence-corrected chi connectivity index (χ1v) is 9.80. The molecule has 1 saturated heterocycles. The lowest BCUT2D eigenvalue weighted by Crippen LogP contribution is -2.28.